The number of ether oxygens (including phenoxy) is 1. The number of fused-ring (bicyclic) bond motifs is 1. The molecule has 2 unspecified atom stereocenters. The first-order valence-electron chi connectivity index (χ1n) is 6.04. The molecule has 86 valence electrons. The van der Waals surface area contributed by atoms with Gasteiger partial charge in [-0.2, -0.15) is 0 Å². The lowest BCUT2D eigenvalue weighted by molar-refractivity contribution is 0.232. The number of para-hydroxylation sites is 1. The molecule has 1 aromatic carbocycles. The van der Waals surface area contributed by atoms with Crippen LogP contribution in [0.5, 0.6) is 5.75 Å². The smallest absolute Gasteiger partial charge is 0.123 e. The van der Waals surface area contributed by atoms with Crippen molar-refractivity contribution in [2.75, 3.05) is 0 Å². The lowest BCUT2D eigenvalue weighted by Gasteiger charge is -2.06. The van der Waals surface area contributed by atoms with Crippen molar-refractivity contribution in [3.05, 3.63) is 29.8 Å². The van der Waals surface area contributed by atoms with Gasteiger partial charge in [0.2, 0.25) is 0 Å². The van der Waals surface area contributed by atoms with E-state index in [2.05, 4.69) is 26.0 Å². The van der Waals surface area contributed by atoms with E-state index in [0.717, 1.165) is 5.75 Å². The topological polar surface area (TPSA) is 9.23 Å². The fourth-order valence-corrected chi connectivity index (χ4v) is 1.52. The molecule has 2 rings (SSSR count). The van der Waals surface area contributed by atoms with Crippen molar-refractivity contribution in [3.63, 3.8) is 0 Å². The second kappa shape index (κ2) is 7.33. The summed E-state index contributed by atoms with van der Waals surface area (Å²) >= 11 is 0. The maximum atomic E-state index is 5.62. The van der Waals surface area contributed by atoms with Crippen molar-refractivity contribution in [2.45, 2.75) is 53.6 Å². The third-order valence-electron chi connectivity index (χ3n) is 2.43. The summed E-state index contributed by atoms with van der Waals surface area (Å²) in [4.78, 5) is 0. The molecule has 0 aromatic heterocycles. The quantitative estimate of drug-likeness (QED) is 0.604. The Morgan fingerprint density at radius 3 is 2.00 bits per heavy atom. The van der Waals surface area contributed by atoms with Gasteiger partial charge in [0.05, 0.1) is 0 Å². The Morgan fingerprint density at radius 1 is 0.933 bits per heavy atom. The van der Waals surface area contributed by atoms with E-state index in [1.165, 1.54) is 5.56 Å². The fraction of sp³-hybridized carbons (Fsp3) is 0.571. The Bertz CT molecular complexity index is 268. The largest absolute Gasteiger partial charge is 0.490 e. The molecule has 15 heavy (non-hydrogen) atoms. The van der Waals surface area contributed by atoms with Crippen LogP contribution in [0.3, 0.4) is 0 Å². The van der Waals surface area contributed by atoms with Crippen LogP contribution in [0.25, 0.3) is 0 Å². The lowest BCUT2D eigenvalue weighted by atomic mass is 9.99. The minimum absolute atomic E-state index is 0.340. The fourth-order valence-electron chi connectivity index (χ4n) is 1.52. The maximum absolute atomic E-state index is 5.62. The van der Waals surface area contributed by atoms with Crippen LogP contribution in [-0.2, 0) is 0 Å². The summed E-state index contributed by atoms with van der Waals surface area (Å²) in [5, 5.41) is 0. The van der Waals surface area contributed by atoms with Gasteiger partial charge in [-0.1, -0.05) is 52.8 Å². The van der Waals surface area contributed by atoms with Gasteiger partial charge in [-0.05, 0) is 13.0 Å². The second-order valence-electron chi connectivity index (χ2n) is 3.15. The van der Waals surface area contributed by atoms with Gasteiger partial charge in [-0.3, -0.25) is 0 Å². The predicted octanol–water partition coefficient (Wildman–Crippen LogP) is 4.62. The lowest BCUT2D eigenvalue weighted by Crippen LogP contribution is -2.10. The average molecular weight is 208 g/mol. The van der Waals surface area contributed by atoms with Crippen LogP contribution in [-0.4, -0.2) is 6.10 Å². The zero-order valence-corrected chi connectivity index (χ0v) is 10.9. The maximum Gasteiger partial charge on any atom is 0.123 e. The van der Waals surface area contributed by atoms with Crippen molar-refractivity contribution >= 4 is 0 Å². The molecule has 1 nitrogen and oxygen atoms in total. The normalized spacial score (nSPS) is 21.2. The molecule has 0 N–H and O–H groups in total. The molecule has 0 saturated carbocycles. The molecule has 1 aromatic rings. The van der Waals surface area contributed by atoms with E-state index in [9.17, 15) is 0 Å². The van der Waals surface area contributed by atoms with Gasteiger partial charge in [-0.15, -0.1) is 0 Å². The molecule has 0 radical (unpaired) electrons. The first kappa shape index (κ1) is 14.0. The summed E-state index contributed by atoms with van der Waals surface area (Å²) in [6, 6.07) is 8.26. The van der Waals surface area contributed by atoms with E-state index in [1.807, 2.05) is 39.8 Å². The number of rotatable bonds is 0. The van der Waals surface area contributed by atoms with E-state index in [-0.39, 0.29) is 0 Å². The molecule has 1 heteroatoms. The van der Waals surface area contributed by atoms with E-state index < -0.39 is 0 Å². The van der Waals surface area contributed by atoms with Crippen molar-refractivity contribution in [2.24, 2.45) is 0 Å². The number of benzene rings is 1. The van der Waals surface area contributed by atoms with E-state index in [4.69, 9.17) is 4.74 Å². The minimum atomic E-state index is 0.340. The zero-order valence-electron chi connectivity index (χ0n) is 10.9. The van der Waals surface area contributed by atoms with Crippen LogP contribution in [0.4, 0.5) is 0 Å². The Hall–Kier alpha value is -0.980. The highest BCUT2D eigenvalue weighted by Crippen LogP contribution is 2.36. The van der Waals surface area contributed by atoms with Crippen molar-refractivity contribution in [1.29, 1.82) is 0 Å². The molecule has 2 atom stereocenters. The van der Waals surface area contributed by atoms with Crippen LogP contribution in [0, 0.1) is 0 Å². The molecule has 0 amide bonds. The van der Waals surface area contributed by atoms with E-state index in [0.29, 0.717) is 12.0 Å². The summed E-state index contributed by atoms with van der Waals surface area (Å²) in [5.74, 6) is 1.61. The van der Waals surface area contributed by atoms with Gasteiger partial charge in [0, 0.05) is 11.5 Å². The number of hydrogen-bond acceptors (Lipinski definition) is 1. The van der Waals surface area contributed by atoms with Crippen LogP contribution in [0.1, 0.15) is 53.0 Å². The van der Waals surface area contributed by atoms with E-state index in [1.54, 1.807) is 0 Å². The second-order valence-corrected chi connectivity index (χ2v) is 3.15. The van der Waals surface area contributed by atoms with Gasteiger partial charge in [0.25, 0.3) is 0 Å². The highest BCUT2D eigenvalue weighted by atomic mass is 16.5. The van der Waals surface area contributed by atoms with Gasteiger partial charge >= 0.3 is 0 Å². The SMILES string of the molecule is CC.CC.CC1Oc2ccccc2C1C. The van der Waals surface area contributed by atoms with Gasteiger partial charge in [0.15, 0.2) is 0 Å². The highest BCUT2D eigenvalue weighted by Gasteiger charge is 2.26. The van der Waals surface area contributed by atoms with Crippen LogP contribution in [0.15, 0.2) is 24.3 Å². The third-order valence-corrected chi connectivity index (χ3v) is 2.43. The molecule has 0 spiro atoms. The van der Waals surface area contributed by atoms with Gasteiger partial charge in [0.1, 0.15) is 11.9 Å². The molecular weight excluding hydrogens is 184 g/mol. The third kappa shape index (κ3) is 3.26. The summed E-state index contributed by atoms with van der Waals surface area (Å²) in [6.07, 6.45) is 0.340. The van der Waals surface area contributed by atoms with Crippen LogP contribution in [0.2, 0.25) is 0 Å². The number of hydrogen-bond donors (Lipinski definition) is 0. The van der Waals surface area contributed by atoms with Gasteiger partial charge < -0.3 is 4.74 Å². The molecular formula is C14H24O. The standard InChI is InChI=1S/C10H12O.2C2H6/c1-7-8(2)11-10-6-4-3-5-9(7)10;2*1-2/h3-8H,1-2H3;2*1-2H3. The monoisotopic (exact) mass is 208 g/mol. The molecule has 0 fully saturated rings. The Kier molecular flexibility index (Phi) is 6.85. The molecule has 1 heterocycles. The van der Waals surface area contributed by atoms with Crippen LogP contribution >= 0.6 is 0 Å². The van der Waals surface area contributed by atoms with Crippen LogP contribution < -0.4 is 4.74 Å². The summed E-state index contributed by atoms with van der Waals surface area (Å²) in [5.41, 5.74) is 1.35. The minimum Gasteiger partial charge on any atom is -0.490 e. The van der Waals surface area contributed by atoms with Crippen molar-refractivity contribution < 1.29 is 4.74 Å². The van der Waals surface area contributed by atoms with E-state index >= 15 is 0 Å². The Balaban J connectivity index is 0.000000442. The zero-order chi connectivity index (χ0) is 11.8. The Morgan fingerprint density at radius 2 is 1.47 bits per heavy atom. The summed E-state index contributed by atoms with van der Waals surface area (Å²) < 4.78 is 5.62. The van der Waals surface area contributed by atoms with Crippen molar-refractivity contribution in [1.82, 2.24) is 0 Å². The van der Waals surface area contributed by atoms with Crippen molar-refractivity contribution in [3.8, 4) is 5.75 Å². The average Bonchev–Trinajstić information content (AvgIpc) is 2.61. The van der Waals surface area contributed by atoms with Gasteiger partial charge in [-0.25, -0.2) is 0 Å². The molecule has 0 aliphatic carbocycles. The summed E-state index contributed by atoms with van der Waals surface area (Å²) in [6.45, 7) is 12.3. The molecule has 1 aliphatic heterocycles. The highest BCUT2D eigenvalue weighted by molar-refractivity contribution is 5.40. The first-order valence-corrected chi connectivity index (χ1v) is 6.04. The molecule has 0 saturated heterocycles. The molecule has 0 bridgehead atoms. The first-order chi connectivity index (χ1) is 7.29. The summed E-state index contributed by atoms with van der Waals surface area (Å²) in [7, 11) is 0. The Labute approximate surface area is 94.5 Å². The predicted molar refractivity (Wildman–Crippen MR) is 67.6 cm³/mol. The molecule has 1 aliphatic rings.